The molecule has 21 heavy (non-hydrogen) atoms. The summed E-state index contributed by atoms with van der Waals surface area (Å²) in [4.78, 5) is 4.61. The van der Waals surface area contributed by atoms with Crippen molar-refractivity contribution in [3.05, 3.63) is 35.7 Å². The van der Waals surface area contributed by atoms with Crippen molar-refractivity contribution in [3.8, 4) is 5.75 Å². The fraction of sp³-hybridized carbons (Fsp3) is 0.500. The monoisotopic (exact) mass is 303 g/mol. The normalized spacial score (nSPS) is 15.9. The van der Waals surface area contributed by atoms with E-state index in [0.717, 1.165) is 23.1 Å². The van der Waals surface area contributed by atoms with Gasteiger partial charge in [0.15, 0.2) is 0 Å². The van der Waals surface area contributed by atoms with Crippen LogP contribution in [0.5, 0.6) is 5.75 Å². The lowest BCUT2D eigenvalue weighted by molar-refractivity contribution is 0.414. The van der Waals surface area contributed by atoms with E-state index in [9.17, 15) is 0 Å². The lowest BCUT2D eigenvalue weighted by Crippen LogP contribution is -2.22. The van der Waals surface area contributed by atoms with E-state index < -0.39 is 0 Å². The largest absolute Gasteiger partial charge is 0.497 e. The first-order valence-electron chi connectivity index (χ1n) is 7.55. The lowest BCUT2D eigenvalue weighted by atomic mass is 9.96. The molecule has 2 aromatic rings. The van der Waals surface area contributed by atoms with E-state index in [1.807, 2.05) is 18.2 Å². The van der Waals surface area contributed by atoms with Gasteiger partial charge in [-0.1, -0.05) is 31.4 Å². The molecule has 1 aliphatic rings. The number of benzene rings is 1. The first kappa shape index (κ1) is 14.3. The smallest absolute Gasteiger partial charge is 0.202 e. The Morgan fingerprint density at radius 3 is 2.95 bits per heavy atom. The minimum absolute atomic E-state index is 0.580. The van der Waals surface area contributed by atoms with Crippen LogP contribution in [0.15, 0.2) is 24.3 Å². The molecule has 5 heteroatoms. The number of hydrogen-bond acceptors (Lipinski definition) is 5. The van der Waals surface area contributed by atoms with Gasteiger partial charge >= 0.3 is 0 Å². The molecule has 112 valence electrons. The Labute approximate surface area is 129 Å². The van der Waals surface area contributed by atoms with E-state index in [2.05, 4.69) is 20.7 Å². The van der Waals surface area contributed by atoms with Crippen molar-refractivity contribution in [1.29, 1.82) is 0 Å². The quantitative estimate of drug-likeness (QED) is 0.910. The third-order valence-corrected chi connectivity index (χ3v) is 4.58. The maximum absolute atomic E-state index is 5.25. The number of methoxy groups -OCH3 is 1. The number of ether oxygens (including phenoxy) is 1. The first-order chi connectivity index (χ1) is 10.3. The number of hydrogen-bond donors (Lipinski definition) is 1. The number of nitrogens with one attached hydrogen (secondary N) is 1. The molecule has 0 atom stereocenters. The number of nitrogens with zero attached hydrogens (tertiary/aromatic N) is 2. The van der Waals surface area contributed by atoms with E-state index in [-0.39, 0.29) is 0 Å². The van der Waals surface area contributed by atoms with Crippen molar-refractivity contribution in [2.75, 3.05) is 12.4 Å². The van der Waals surface area contributed by atoms with Gasteiger partial charge in [-0.15, -0.1) is 0 Å². The summed E-state index contributed by atoms with van der Waals surface area (Å²) >= 11 is 1.47. The Bertz CT molecular complexity index is 578. The summed E-state index contributed by atoms with van der Waals surface area (Å²) in [7, 11) is 1.69. The van der Waals surface area contributed by atoms with Crippen molar-refractivity contribution >= 4 is 16.7 Å². The molecule has 1 heterocycles. The van der Waals surface area contributed by atoms with Crippen molar-refractivity contribution in [2.24, 2.45) is 0 Å². The SMILES string of the molecule is COc1cccc(Cc2nsc(NC3CCCCC3)n2)c1. The van der Waals surface area contributed by atoms with E-state index in [1.165, 1.54) is 49.2 Å². The van der Waals surface area contributed by atoms with Crippen molar-refractivity contribution in [3.63, 3.8) is 0 Å². The minimum atomic E-state index is 0.580. The molecule has 0 spiro atoms. The highest BCUT2D eigenvalue weighted by molar-refractivity contribution is 7.09. The zero-order valence-electron chi connectivity index (χ0n) is 12.3. The van der Waals surface area contributed by atoms with Gasteiger partial charge < -0.3 is 10.1 Å². The molecule has 0 radical (unpaired) electrons. The molecule has 1 aromatic carbocycles. The molecule has 0 aliphatic heterocycles. The topological polar surface area (TPSA) is 47.0 Å². The summed E-state index contributed by atoms with van der Waals surface area (Å²) in [5.41, 5.74) is 1.18. The van der Waals surface area contributed by atoms with Gasteiger partial charge in [0.1, 0.15) is 11.6 Å². The fourth-order valence-corrected chi connectivity index (χ4v) is 3.43. The Morgan fingerprint density at radius 1 is 1.29 bits per heavy atom. The van der Waals surface area contributed by atoms with Gasteiger partial charge in [0.2, 0.25) is 5.13 Å². The van der Waals surface area contributed by atoms with Crippen LogP contribution in [-0.4, -0.2) is 22.5 Å². The average Bonchev–Trinajstić information content (AvgIpc) is 2.95. The predicted octanol–water partition coefficient (Wildman–Crippen LogP) is 3.88. The molecule has 1 aromatic heterocycles. The molecule has 0 bridgehead atoms. The molecular weight excluding hydrogens is 282 g/mol. The highest BCUT2D eigenvalue weighted by Crippen LogP contribution is 2.23. The highest BCUT2D eigenvalue weighted by Gasteiger charge is 2.15. The second kappa shape index (κ2) is 6.89. The van der Waals surface area contributed by atoms with Gasteiger partial charge in [0.05, 0.1) is 7.11 Å². The average molecular weight is 303 g/mol. The van der Waals surface area contributed by atoms with Crippen LogP contribution in [0.4, 0.5) is 5.13 Å². The summed E-state index contributed by atoms with van der Waals surface area (Å²) in [6, 6.07) is 8.65. The Morgan fingerprint density at radius 2 is 2.14 bits per heavy atom. The molecule has 1 saturated carbocycles. The molecule has 0 amide bonds. The van der Waals surface area contributed by atoms with Crippen molar-refractivity contribution in [2.45, 2.75) is 44.6 Å². The van der Waals surface area contributed by atoms with Crippen LogP contribution in [0, 0.1) is 0 Å². The van der Waals surface area contributed by atoms with E-state index >= 15 is 0 Å². The van der Waals surface area contributed by atoms with Crippen LogP contribution in [-0.2, 0) is 6.42 Å². The number of rotatable bonds is 5. The Kier molecular flexibility index (Phi) is 4.70. The van der Waals surface area contributed by atoms with Crippen LogP contribution in [0.2, 0.25) is 0 Å². The molecule has 0 saturated heterocycles. The lowest BCUT2D eigenvalue weighted by Gasteiger charge is -2.21. The molecule has 0 unspecified atom stereocenters. The van der Waals surface area contributed by atoms with E-state index in [4.69, 9.17) is 4.74 Å². The maximum atomic E-state index is 5.25. The minimum Gasteiger partial charge on any atom is -0.497 e. The summed E-state index contributed by atoms with van der Waals surface area (Å²) in [6.07, 6.45) is 7.28. The van der Waals surface area contributed by atoms with Gasteiger partial charge in [0, 0.05) is 24.0 Å². The zero-order chi connectivity index (χ0) is 14.5. The van der Waals surface area contributed by atoms with Gasteiger partial charge in [-0.3, -0.25) is 0 Å². The predicted molar refractivity (Wildman–Crippen MR) is 86.2 cm³/mol. The Balaban J connectivity index is 1.61. The fourth-order valence-electron chi connectivity index (χ4n) is 2.77. The number of anilines is 1. The third kappa shape index (κ3) is 3.94. The van der Waals surface area contributed by atoms with E-state index in [0.29, 0.717) is 6.04 Å². The van der Waals surface area contributed by atoms with Gasteiger partial charge in [0.25, 0.3) is 0 Å². The van der Waals surface area contributed by atoms with E-state index in [1.54, 1.807) is 7.11 Å². The molecule has 1 aliphatic carbocycles. The summed E-state index contributed by atoms with van der Waals surface area (Å²) < 4.78 is 9.71. The maximum Gasteiger partial charge on any atom is 0.202 e. The van der Waals surface area contributed by atoms with Gasteiger partial charge in [-0.25, -0.2) is 4.98 Å². The van der Waals surface area contributed by atoms with Crippen LogP contribution < -0.4 is 10.1 Å². The molecule has 1 fully saturated rings. The van der Waals surface area contributed by atoms with Gasteiger partial charge in [-0.2, -0.15) is 4.37 Å². The Hall–Kier alpha value is -1.62. The van der Waals surface area contributed by atoms with Crippen LogP contribution in [0.1, 0.15) is 43.5 Å². The summed E-state index contributed by atoms with van der Waals surface area (Å²) in [6.45, 7) is 0. The molecule has 1 N–H and O–H groups in total. The van der Waals surface area contributed by atoms with Gasteiger partial charge in [-0.05, 0) is 30.5 Å². The molecular formula is C16H21N3OS. The first-order valence-corrected chi connectivity index (χ1v) is 8.33. The third-order valence-electron chi connectivity index (χ3n) is 3.90. The van der Waals surface area contributed by atoms with Crippen LogP contribution in [0.25, 0.3) is 0 Å². The number of aromatic nitrogens is 2. The zero-order valence-corrected chi connectivity index (χ0v) is 13.2. The molecule has 3 rings (SSSR count). The van der Waals surface area contributed by atoms with Crippen molar-refractivity contribution < 1.29 is 4.74 Å². The highest BCUT2D eigenvalue weighted by atomic mass is 32.1. The standard InChI is InChI=1S/C16H21N3OS/c1-20-14-9-5-6-12(10-14)11-15-18-16(21-19-15)17-13-7-3-2-4-8-13/h5-6,9-10,13H,2-4,7-8,11H2,1H3,(H,17,18,19). The second-order valence-corrected chi connectivity index (χ2v) is 6.28. The van der Waals surface area contributed by atoms with Crippen LogP contribution in [0.3, 0.4) is 0 Å². The summed E-state index contributed by atoms with van der Waals surface area (Å²) in [5.74, 6) is 1.76. The molecule has 4 nitrogen and oxygen atoms in total. The summed E-state index contributed by atoms with van der Waals surface area (Å²) in [5, 5.41) is 4.49. The van der Waals surface area contributed by atoms with Crippen LogP contribution >= 0.6 is 11.5 Å². The second-order valence-electron chi connectivity index (χ2n) is 5.52. The van der Waals surface area contributed by atoms with Crippen molar-refractivity contribution in [1.82, 2.24) is 9.36 Å².